The third kappa shape index (κ3) is 10.8. The quantitative estimate of drug-likeness (QED) is 0.0809. The molecule has 12 rings (SSSR count). The van der Waals surface area contributed by atoms with Crippen molar-refractivity contribution in [1.29, 1.82) is 0 Å². The fourth-order valence-electron chi connectivity index (χ4n) is 9.91. The predicted octanol–water partition coefficient (Wildman–Crippen LogP) is 10.0. The summed E-state index contributed by atoms with van der Waals surface area (Å²) in [5.74, 6) is -0.905. The molecule has 0 aliphatic heterocycles. The van der Waals surface area contributed by atoms with Crippen molar-refractivity contribution >= 4 is 55.0 Å². The van der Waals surface area contributed by atoms with Gasteiger partial charge in [0.2, 0.25) is 11.8 Å². The van der Waals surface area contributed by atoms with Crippen LogP contribution in [-0.4, -0.2) is 69.5 Å². The predicted molar refractivity (Wildman–Crippen MR) is 322 cm³/mol. The van der Waals surface area contributed by atoms with Crippen LogP contribution in [0.2, 0.25) is 0 Å². The van der Waals surface area contributed by atoms with Crippen LogP contribution in [0.4, 0.5) is 0 Å². The average Bonchev–Trinajstić information content (AvgIpc) is 1.68. The van der Waals surface area contributed by atoms with E-state index in [0.29, 0.717) is 53.8 Å². The lowest BCUT2D eigenvalue weighted by atomic mass is 10.1. The van der Waals surface area contributed by atoms with Crippen molar-refractivity contribution in [3.05, 3.63) is 235 Å². The van der Waals surface area contributed by atoms with Crippen LogP contribution >= 0.6 is 22.7 Å². The Morgan fingerprint density at radius 2 is 0.919 bits per heavy atom. The maximum Gasteiger partial charge on any atom is 0.333 e. The van der Waals surface area contributed by atoms with E-state index < -0.39 is 57.7 Å². The van der Waals surface area contributed by atoms with Crippen molar-refractivity contribution in [2.45, 2.75) is 77.9 Å². The van der Waals surface area contributed by atoms with Gasteiger partial charge in [-0.3, -0.25) is 18.7 Å². The summed E-state index contributed by atoms with van der Waals surface area (Å²) < 4.78 is 32.2. The normalized spacial score (nSPS) is 12.4. The second kappa shape index (κ2) is 23.3. The number of nitrogens with zero attached hydrogens (tertiary/aromatic N) is 10. The number of oxazole rings is 2. The fraction of sp³-hybridized carbons (Fsp3) is 0.194. The lowest BCUT2D eigenvalue weighted by Gasteiger charge is -2.25. The number of hydrogen-bond donors (Lipinski definition) is 2. The summed E-state index contributed by atoms with van der Waals surface area (Å²) in [4.78, 5) is 99.0. The van der Waals surface area contributed by atoms with Gasteiger partial charge in [-0.25, -0.2) is 48.2 Å². The van der Waals surface area contributed by atoms with Gasteiger partial charge in [-0.2, -0.15) is 0 Å². The molecule has 22 nitrogen and oxygen atoms in total. The second-order valence-corrected chi connectivity index (χ2v) is 22.9. The first-order valence-electron chi connectivity index (χ1n) is 26.8. The van der Waals surface area contributed by atoms with Crippen LogP contribution < -0.4 is 32.0 Å². The Bertz CT molecular complexity index is 4340. The minimum absolute atomic E-state index is 0.0103. The molecule has 436 valence electrons. The lowest BCUT2D eigenvalue weighted by Crippen LogP contribution is -2.52. The third-order valence-corrected chi connectivity index (χ3v) is 17.3. The van der Waals surface area contributed by atoms with Crippen LogP contribution in [0.25, 0.3) is 53.3 Å². The van der Waals surface area contributed by atoms with Crippen LogP contribution in [-0.2, 0) is 33.8 Å². The van der Waals surface area contributed by atoms with Crippen molar-refractivity contribution in [2.24, 2.45) is 0 Å². The van der Waals surface area contributed by atoms with Gasteiger partial charge in [0.15, 0.2) is 0 Å². The number of ether oxygens (including phenoxy) is 2. The number of benzene rings is 4. The Kier molecular flexibility index (Phi) is 15.5. The molecule has 4 aromatic carbocycles. The van der Waals surface area contributed by atoms with E-state index in [-0.39, 0.29) is 23.9 Å². The summed E-state index contributed by atoms with van der Waals surface area (Å²) in [6, 6.07) is 33.7. The van der Waals surface area contributed by atoms with E-state index in [1.807, 2.05) is 131 Å². The van der Waals surface area contributed by atoms with Crippen molar-refractivity contribution in [3.63, 3.8) is 0 Å². The standard InChI is InChI=1S/2C31H27N5O6S/c2*1-19-24-27(37)36(31(2,3)29(38)39)30(40)35(28(24)43-25(19)26-33-14-16-41-26)17-23(20-7-5-4-6-8-20)42-22-11-9-21(10-12-22)34-15-13-32-18-34/h2*4-16,18,23H,17H2,1-3H3,(H,38,39)/t2*23-/m10/s1. The molecule has 0 unspecified atom stereocenters. The highest BCUT2D eigenvalue weighted by Gasteiger charge is 2.38. The molecular weight excluding hydrogens is 1140 g/mol. The van der Waals surface area contributed by atoms with E-state index >= 15 is 0 Å². The molecular formula is C62H54N10O12S2. The first kappa shape index (κ1) is 57.4. The van der Waals surface area contributed by atoms with Crippen LogP contribution in [0, 0.1) is 13.8 Å². The molecule has 0 fully saturated rings. The number of aromatic nitrogens is 10. The Morgan fingerprint density at radius 1 is 0.547 bits per heavy atom. The molecule has 12 aromatic rings. The van der Waals surface area contributed by atoms with Crippen molar-refractivity contribution in [3.8, 4) is 44.4 Å². The third-order valence-electron chi connectivity index (χ3n) is 14.7. The maximum absolute atomic E-state index is 14.1. The van der Waals surface area contributed by atoms with E-state index in [2.05, 4.69) is 19.9 Å². The molecule has 24 heteroatoms. The van der Waals surface area contributed by atoms with Crippen molar-refractivity contribution in [1.82, 2.24) is 47.3 Å². The zero-order chi connectivity index (χ0) is 60.6. The SMILES string of the molecule is Cc1c(-c2ncco2)sc2c1c(=O)n(C(C)(C)C(=O)O)c(=O)n2C[C@@H](Oc1ccc(-n2ccnc2)cc1)c1ccccc1.Cc1c(-c2ncco2)sc2c1c(=O)n(C(C)(C)C(=O)O)c(=O)n2C[C@H](Oc1ccc(-n2ccnc2)cc1)c1ccccc1. The second-order valence-electron chi connectivity index (χ2n) is 20.9. The molecule has 86 heavy (non-hydrogen) atoms. The molecule has 0 saturated carbocycles. The number of rotatable bonds is 18. The number of imidazole rings is 2. The van der Waals surface area contributed by atoms with E-state index in [1.54, 1.807) is 38.9 Å². The molecule has 0 amide bonds. The van der Waals surface area contributed by atoms with Crippen LogP contribution in [0.1, 0.15) is 62.2 Å². The molecule has 8 aromatic heterocycles. The number of carboxylic acids is 2. The largest absolute Gasteiger partial charge is 0.484 e. The zero-order valence-electron chi connectivity index (χ0n) is 47.0. The number of hydrogen-bond acceptors (Lipinski definition) is 16. The number of aryl methyl sites for hydroxylation is 2. The summed E-state index contributed by atoms with van der Waals surface area (Å²) >= 11 is 2.38. The van der Waals surface area contributed by atoms with Crippen molar-refractivity contribution in [2.75, 3.05) is 0 Å². The van der Waals surface area contributed by atoms with Gasteiger partial charge >= 0.3 is 23.3 Å². The summed E-state index contributed by atoms with van der Waals surface area (Å²) in [5, 5.41) is 20.5. The number of fused-ring (bicyclic) bond motifs is 2. The first-order chi connectivity index (χ1) is 41.3. The molecule has 0 radical (unpaired) electrons. The smallest absolute Gasteiger partial charge is 0.333 e. The maximum atomic E-state index is 14.1. The summed E-state index contributed by atoms with van der Waals surface area (Å²) in [5.41, 5.74) is -2.09. The zero-order valence-corrected chi connectivity index (χ0v) is 48.6. The van der Waals surface area contributed by atoms with Gasteiger partial charge in [-0.05, 0) is 112 Å². The summed E-state index contributed by atoms with van der Waals surface area (Å²) in [7, 11) is 0. The summed E-state index contributed by atoms with van der Waals surface area (Å²) in [6.45, 7) is 8.78. The molecule has 2 N–H and O–H groups in total. The van der Waals surface area contributed by atoms with Gasteiger partial charge in [0.25, 0.3) is 11.1 Å². The lowest BCUT2D eigenvalue weighted by molar-refractivity contribution is -0.146. The van der Waals surface area contributed by atoms with Crippen LogP contribution in [0.5, 0.6) is 11.5 Å². The number of carboxylic acid groups (broad SMARTS) is 2. The molecule has 0 bridgehead atoms. The highest BCUT2D eigenvalue weighted by atomic mass is 32.1. The summed E-state index contributed by atoms with van der Waals surface area (Å²) in [6.07, 6.45) is 15.0. The Labute approximate surface area is 496 Å². The van der Waals surface area contributed by atoms with Crippen LogP contribution in [0.3, 0.4) is 0 Å². The van der Waals surface area contributed by atoms with Crippen LogP contribution in [0.15, 0.2) is 200 Å². The first-order valence-corrected chi connectivity index (χ1v) is 28.4. The fourth-order valence-corrected chi connectivity index (χ4v) is 12.4. The van der Waals surface area contributed by atoms with Gasteiger partial charge in [-0.1, -0.05) is 60.7 Å². The van der Waals surface area contributed by atoms with Gasteiger partial charge in [0.05, 0.1) is 58.7 Å². The highest BCUT2D eigenvalue weighted by molar-refractivity contribution is 7.22. The topological polar surface area (TPSA) is 269 Å². The Morgan fingerprint density at radius 3 is 1.23 bits per heavy atom. The van der Waals surface area contributed by atoms with Gasteiger partial charge in [0.1, 0.15) is 57.0 Å². The molecule has 2 atom stereocenters. The monoisotopic (exact) mass is 1190 g/mol. The van der Waals surface area contributed by atoms with E-state index in [1.165, 1.54) is 84.4 Å². The van der Waals surface area contributed by atoms with E-state index in [9.17, 15) is 39.0 Å². The minimum Gasteiger partial charge on any atom is -0.484 e. The molecule has 0 spiro atoms. The highest BCUT2D eigenvalue weighted by Crippen LogP contribution is 2.39. The van der Waals surface area contributed by atoms with Gasteiger partial charge in [-0.15, -0.1) is 22.7 Å². The molecule has 0 saturated heterocycles. The van der Waals surface area contributed by atoms with E-state index in [0.717, 1.165) is 31.6 Å². The minimum atomic E-state index is -1.83. The Hall–Kier alpha value is -10.5. The molecule has 0 aliphatic carbocycles. The number of thiophene rings is 2. The molecule has 8 heterocycles. The number of carbonyl (C=O) groups is 2. The van der Waals surface area contributed by atoms with Gasteiger partial charge in [0, 0.05) is 36.2 Å². The average molecular weight is 1200 g/mol. The van der Waals surface area contributed by atoms with Gasteiger partial charge < -0.3 is 37.7 Å². The van der Waals surface area contributed by atoms with Crippen molar-refractivity contribution < 1.29 is 38.1 Å². The Balaban J connectivity index is 0.000000179. The van der Waals surface area contributed by atoms with E-state index in [4.69, 9.17) is 18.3 Å². The molecule has 0 aliphatic rings. The number of aliphatic carboxylic acids is 2.